The molecule has 3 amide bonds. The summed E-state index contributed by atoms with van der Waals surface area (Å²) in [7, 11) is 1.66. The Morgan fingerprint density at radius 1 is 1.14 bits per heavy atom. The molecule has 2 unspecified atom stereocenters. The fraction of sp³-hybridized carbons (Fsp3) is 0.500. The molecule has 29 heavy (non-hydrogen) atoms. The zero-order valence-electron chi connectivity index (χ0n) is 17.6. The highest BCUT2D eigenvalue weighted by molar-refractivity contribution is 6.01. The van der Waals surface area contributed by atoms with E-state index in [2.05, 4.69) is 6.58 Å². The van der Waals surface area contributed by atoms with Crippen LogP contribution in [-0.2, 0) is 9.53 Å². The van der Waals surface area contributed by atoms with Crippen LogP contribution in [0.3, 0.4) is 0 Å². The first-order chi connectivity index (χ1) is 13.6. The SMILES string of the molecule is C=CC(=O)N(C)c1ccc(C(=O)N2CC3CC(C2)N(C(=O)OC(C)(C)C)C3)cc1. The molecule has 3 rings (SSSR count). The number of piperidine rings is 1. The van der Waals surface area contributed by atoms with Gasteiger partial charge in [0.15, 0.2) is 0 Å². The molecule has 0 spiro atoms. The second kappa shape index (κ2) is 7.89. The van der Waals surface area contributed by atoms with Gasteiger partial charge in [-0.1, -0.05) is 6.58 Å². The smallest absolute Gasteiger partial charge is 0.410 e. The van der Waals surface area contributed by atoms with Crippen LogP contribution in [0, 0.1) is 5.92 Å². The number of fused-ring (bicyclic) bond motifs is 2. The van der Waals surface area contributed by atoms with Gasteiger partial charge in [0.25, 0.3) is 5.91 Å². The Hall–Kier alpha value is -2.83. The van der Waals surface area contributed by atoms with Crippen molar-refractivity contribution in [1.29, 1.82) is 0 Å². The van der Waals surface area contributed by atoms with Crippen LogP contribution in [0.25, 0.3) is 0 Å². The molecule has 1 aromatic carbocycles. The van der Waals surface area contributed by atoms with E-state index < -0.39 is 5.60 Å². The molecule has 0 N–H and O–H groups in total. The summed E-state index contributed by atoms with van der Waals surface area (Å²) in [5.41, 5.74) is 0.727. The summed E-state index contributed by atoms with van der Waals surface area (Å²) < 4.78 is 5.52. The van der Waals surface area contributed by atoms with E-state index in [4.69, 9.17) is 4.74 Å². The third kappa shape index (κ3) is 4.60. The highest BCUT2D eigenvalue weighted by Crippen LogP contribution is 2.31. The second-order valence-corrected chi connectivity index (χ2v) is 8.75. The maximum atomic E-state index is 13.0. The number of anilines is 1. The normalized spacial score (nSPS) is 21.0. The van der Waals surface area contributed by atoms with Crippen LogP contribution in [0.15, 0.2) is 36.9 Å². The predicted molar refractivity (Wildman–Crippen MR) is 111 cm³/mol. The maximum Gasteiger partial charge on any atom is 0.410 e. The van der Waals surface area contributed by atoms with Crippen LogP contribution in [0.5, 0.6) is 0 Å². The van der Waals surface area contributed by atoms with E-state index in [1.807, 2.05) is 25.7 Å². The van der Waals surface area contributed by atoms with Gasteiger partial charge >= 0.3 is 6.09 Å². The molecule has 156 valence electrons. The van der Waals surface area contributed by atoms with Crippen molar-refractivity contribution >= 4 is 23.6 Å². The van der Waals surface area contributed by atoms with Crippen molar-refractivity contribution in [3.63, 3.8) is 0 Å². The maximum absolute atomic E-state index is 13.0. The average Bonchev–Trinajstić information content (AvgIpc) is 2.98. The van der Waals surface area contributed by atoms with Gasteiger partial charge in [0.05, 0.1) is 6.04 Å². The second-order valence-electron chi connectivity index (χ2n) is 8.75. The van der Waals surface area contributed by atoms with Gasteiger partial charge in [0.2, 0.25) is 5.91 Å². The number of amides is 3. The lowest BCUT2D eigenvalue weighted by molar-refractivity contribution is -0.113. The van der Waals surface area contributed by atoms with Crippen molar-refractivity contribution in [2.45, 2.75) is 38.8 Å². The number of likely N-dealkylation sites (N-methyl/N-ethyl adjacent to an activating group) is 1. The summed E-state index contributed by atoms with van der Waals surface area (Å²) in [5, 5.41) is 0. The van der Waals surface area contributed by atoms with Crippen LogP contribution in [0.1, 0.15) is 37.6 Å². The Bertz CT molecular complexity index is 812. The number of nitrogens with zero attached hydrogens (tertiary/aromatic N) is 3. The van der Waals surface area contributed by atoms with Crippen molar-refractivity contribution in [2.24, 2.45) is 5.92 Å². The standard InChI is InChI=1S/C22H29N3O4/c1-6-19(26)23(5)17-9-7-16(8-10-17)20(27)24-12-15-11-18(14-24)25(13-15)21(28)29-22(2,3)4/h6-10,15,18H,1,11-14H2,2-5H3. The molecule has 0 radical (unpaired) electrons. The Balaban J connectivity index is 1.67. The van der Waals surface area contributed by atoms with Crippen molar-refractivity contribution in [2.75, 3.05) is 31.6 Å². The number of hydrogen-bond acceptors (Lipinski definition) is 4. The molecule has 1 aromatic rings. The first-order valence-electron chi connectivity index (χ1n) is 9.88. The van der Waals surface area contributed by atoms with E-state index in [1.165, 1.54) is 11.0 Å². The third-order valence-corrected chi connectivity index (χ3v) is 5.33. The van der Waals surface area contributed by atoms with Crippen molar-refractivity contribution in [3.05, 3.63) is 42.5 Å². The molecule has 2 bridgehead atoms. The molecule has 2 atom stereocenters. The molecule has 0 aromatic heterocycles. The van der Waals surface area contributed by atoms with Crippen LogP contribution in [0.2, 0.25) is 0 Å². The molecule has 2 saturated heterocycles. The molecule has 2 aliphatic heterocycles. The number of carbonyl (C=O) groups excluding carboxylic acids is 3. The van der Waals surface area contributed by atoms with Gasteiger partial charge in [-0.3, -0.25) is 9.59 Å². The van der Waals surface area contributed by atoms with Crippen molar-refractivity contribution < 1.29 is 19.1 Å². The third-order valence-electron chi connectivity index (χ3n) is 5.33. The van der Waals surface area contributed by atoms with Gasteiger partial charge in [-0.15, -0.1) is 0 Å². The van der Waals surface area contributed by atoms with Crippen molar-refractivity contribution in [1.82, 2.24) is 9.80 Å². The van der Waals surface area contributed by atoms with Crippen LogP contribution >= 0.6 is 0 Å². The molecule has 0 aliphatic carbocycles. The summed E-state index contributed by atoms with van der Waals surface area (Å²) in [4.78, 5) is 42.3. The number of benzene rings is 1. The zero-order valence-corrected chi connectivity index (χ0v) is 17.6. The van der Waals surface area contributed by atoms with Gasteiger partial charge in [0, 0.05) is 37.9 Å². The Kier molecular flexibility index (Phi) is 5.68. The lowest BCUT2D eigenvalue weighted by Crippen LogP contribution is -2.47. The fourth-order valence-electron chi connectivity index (χ4n) is 3.94. The zero-order chi connectivity index (χ0) is 21.3. The van der Waals surface area contributed by atoms with E-state index in [1.54, 1.807) is 36.2 Å². The first-order valence-corrected chi connectivity index (χ1v) is 9.88. The molecule has 2 heterocycles. The Labute approximate surface area is 171 Å². The van der Waals surface area contributed by atoms with Gasteiger partial charge < -0.3 is 19.4 Å². The molecular weight excluding hydrogens is 370 g/mol. The highest BCUT2D eigenvalue weighted by atomic mass is 16.6. The van der Waals surface area contributed by atoms with E-state index in [9.17, 15) is 14.4 Å². The predicted octanol–water partition coefficient (Wildman–Crippen LogP) is 2.92. The first kappa shape index (κ1) is 20.9. The van der Waals surface area contributed by atoms with Crippen LogP contribution in [-0.4, -0.2) is 66.0 Å². The number of ether oxygens (including phenoxy) is 1. The number of likely N-dealkylation sites (tertiary alicyclic amines) is 2. The summed E-state index contributed by atoms with van der Waals surface area (Å²) in [6.45, 7) is 10.8. The van der Waals surface area contributed by atoms with Gasteiger partial charge in [-0.25, -0.2) is 4.79 Å². The number of rotatable bonds is 3. The fourth-order valence-corrected chi connectivity index (χ4v) is 3.94. The van der Waals surface area contributed by atoms with Crippen LogP contribution < -0.4 is 4.90 Å². The summed E-state index contributed by atoms with van der Waals surface area (Å²) in [6, 6.07) is 6.95. The number of carbonyl (C=O) groups is 3. The van der Waals surface area contributed by atoms with E-state index in [-0.39, 0.29) is 29.9 Å². The molecular formula is C22H29N3O4. The van der Waals surface area contributed by atoms with Crippen molar-refractivity contribution in [3.8, 4) is 0 Å². The summed E-state index contributed by atoms with van der Waals surface area (Å²) in [5.74, 6) is -0.00487. The lowest BCUT2D eigenvalue weighted by atomic mass is 9.99. The number of hydrogen-bond donors (Lipinski definition) is 0. The van der Waals surface area contributed by atoms with Gasteiger partial charge in [-0.2, -0.15) is 0 Å². The topological polar surface area (TPSA) is 70.2 Å². The molecule has 2 aliphatic rings. The minimum atomic E-state index is -0.537. The molecule has 7 nitrogen and oxygen atoms in total. The minimum Gasteiger partial charge on any atom is -0.444 e. The van der Waals surface area contributed by atoms with Gasteiger partial charge in [0.1, 0.15) is 5.60 Å². The quantitative estimate of drug-likeness (QED) is 0.733. The van der Waals surface area contributed by atoms with Gasteiger partial charge in [-0.05, 0) is 63.5 Å². The molecule has 0 saturated carbocycles. The molecule has 7 heteroatoms. The largest absolute Gasteiger partial charge is 0.444 e. The molecule has 2 fully saturated rings. The lowest BCUT2D eigenvalue weighted by Gasteiger charge is -2.33. The Morgan fingerprint density at radius 2 is 1.79 bits per heavy atom. The van der Waals surface area contributed by atoms with E-state index in [0.717, 1.165) is 6.42 Å². The summed E-state index contributed by atoms with van der Waals surface area (Å²) >= 11 is 0. The average molecular weight is 399 g/mol. The summed E-state index contributed by atoms with van der Waals surface area (Å²) in [6.07, 6.45) is 1.84. The monoisotopic (exact) mass is 399 g/mol. The van der Waals surface area contributed by atoms with Crippen LogP contribution in [0.4, 0.5) is 10.5 Å². The highest BCUT2D eigenvalue weighted by Gasteiger charge is 2.43. The minimum absolute atomic E-state index is 0.0110. The van der Waals surface area contributed by atoms with E-state index >= 15 is 0 Å². The van der Waals surface area contributed by atoms with E-state index in [0.29, 0.717) is 30.9 Å². The Morgan fingerprint density at radius 3 is 2.38 bits per heavy atom.